The highest BCUT2D eigenvalue weighted by Crippen LogP contribution is 2.29. The molecule has 0 amide bonds. The summed E-state index contributed by atoms with van der Waals surface area (Å²) >= 11 is 3.42. The van der Waals surface area contributed by atoms with Crippen LogP contribution in [0.2, 0.25) is 0 Å². The molecule has 2 rings (SSSR count). The minimum Gasteiger partial charge on any atom is -0.476 e. The lowest BCUT2D eigenvalue weighted by molar-refractivity contribution is 0.0690. The first kappa shape index (κ1) is 10.9. The van der Waals surface area contributed by atoms with Gasteiger partial charge in [0.05, 0.1) is 5.56 Å². The summed E-state index contributed by atoms with van der Waals surface area (Å²) < 4.78 is 5.98. The fraction of sp³-hybridized carbons (Fsp3) is 0.0909. The highest BCUT2D eigenvalue weighted by atomic mass is 79.9. The highest BCUT2D eigenvalue weighted by Gasteiger charge is 2.14. The van der Waals surface area contributed by atoms with E-state index in [4.69, 9.17) is 9.52 Å². The molecule has 0 unspecified atom stereocenters. The van der Waals surface area contributed by atoms with Gasteiger partial charge in [0.1, 0.15) is 6.26 Å². The van der Waals surface area contributed by atoms with Crippen molar-refractivity contribution < 1.29 is 14.3 Å². The molecule has 0 aliphatic rings. The zero-order valence-electron chi connectivity index (χ0n) is 8.40. The summed E-state index contributed by atoms with van der Waals surface area (Å²) in [6.07, 6.45) is 1.13. The molecule has 0 bridgehead atoms. The van der Waals surface area contributed by atoms with E-state index in [-0.39, 0.29) is 5.69 Å². The van der Waals surface area contributed by atoms with Crippen molar-refractivity contribution in [1.29, 1.82) is 0 Å². The Balaban J connectivity index is 2.50. The van der Waals surface area contributed by atoms with E-state index in [2.05, 4.69) is 20.9 Å². The van der Waals surface area contributed by atoms with Gasteiger partial charge in [-0.25, -0.2) is 9.78 Å². The van der Waals surface area contributed by atoms with Crippen molar-refractivity contribution in [2.24, 2.45) is 0 Å². The van der Waals surface area contributed by atoms with Crippen molar-refractivity contribution in [3.05, 3.63) is 40.2 Å². The Hall–Kier alpha value is -1.62. The van der Waals surface area contributed by atoms with Gasteiger partial charge in [-0.1, -0.05) is 12.1 Å². The predicted octanol–water partition coefficient (Wildman–Crippen LogP) is 3.11. The number of carboxylic acids is 1. The maximum atomic E-state index is 10.7. The topological polar surface area (TPSA) is 63.3 Å². The number of rotatable bonds is 2. The molecule has 0 radical (unpaired) electrons. The summed E-state index contributed by atoms with van der Waals surface area (Å²) in [4.78, 5) is 14.5. The third-order valence-corrected chi connectivity index (χ3v) is 3.20. The third kappa shape index (κ3) is 1.86. The van der Waals surface area contributed by atoms with Crippen molar-refractivity contribution in [3.8, 4) is 11.5 Å². The molecule has 1 heterocycles. The van der Waals surface area contributed by atoms with Gasteiger partial charge in [0.15, 0.2) is 5.69 Å². The van der Waals surface area contributed by atoms with E-state index in [0.29, 0.717) is 5.89 Å². The van der Waals surface area contributed by atoms with E-state index in [9.17, 15) is 4.79 Å². The van der Waals surface area contributed by atoms with Crippen LogP contribution in [-0.4, -0.2) is 16.1 Å². The van der Waals surface area contributed by atoms with Crippen molar-refractivity contribution in [3.63, 3.8) is 0 Å². The zero-order chi connectivity index (χ0) is 11.7. The van der Waals surface area contributed by atoms with E-state index >= 15 is 0 Å². The lowest BCUT2D eigenvalue weighted by Crippen LogP contribution is -1.95. The number of aromatic carboxylic acids is 1. The second-order valence-corrected chi connectivity index (χ2v) is 4.07. The van der Waals surface area contributed by atoms with Gasteiger partial charge in [-0.15, -0.1) is 0 Å². The number of carbonyl (C=O) groups is 1. The van der Waals surface area contributed by atoms with Crippen LogP contribution >= 0.6 is 15.9 Å². The lowest BCUT2D eigenvalue weighted by atomic mass is 10.1. The average Bonchev–Trinajstić information content (AvgIpc) is 2.71. The molecule has 1 N–H and O–H groups in total. The van der Waals surface area contributed by atoms with Gasteiger partial charge >= 0.3 is 5.97 Å². The van der Waals surface area contributed by atoms with Crippen LogP contribution in [-0.2, 0) is 0 Å². The van der Waals surface area contributed by atoms with Gasteiger partial charge in [-0.05, 0) is 34.5 Å². The first-order chi connectivity index (χ1) is 7.59. The lowest BCUT2D eigenvalue weighted by Gasteiger charge is -2.02. The number of carboxylic acid groups (broad SMARTS) is 1. The number of nitrogens with zero attached hydrogens (tertiary/aromatic N) is 1. The van der Waals surface area contributed by atoms with Crippen LogP contribution in [0.25, 0.3) is 11.5 Å². The molecular weight excluding hydrogens is 274 g/mol. The molecule has 0 aliphatic heterocycles. The summed E-state index contributed by atoms with van der Waals surface area (Å²) in [7, 11) is 0. The van der Waals surface area contributed by atoms with E-state index in [1.165, 1.54) is 0 Å². The van der Waals surface area contributed by atoms with Crippen LogP contribution in [0.5, 0.6) is 0 Å². The molecule has 0 aliphatic carbocycles. The van der Waals surface area contributed by atoms with Gasteiger partial charge in [-0.2, -0.15) is 0 Å². The number of hydrogen-bond donors (Lipinski definition) is 1. The van der Waals surface area contributed by atoms with Gasteiger partial charge in [0.2, 0.25) is 5.89 Å². The first-order valence-electron chi connectivity index (χ1n) is 4.54. The van der Waals surface area contributed by atoms with Crippen LogP contribution in [0, 0.1) is 6.92 Å². The smallest absolute Gasteiger partial charge is 0.357 e. The molecule has 0 spiro atoms. The Kier molecular flexibility index (Phi) is 2.78. The molecule has 0 saturated carbocycles. The second kappa shape index (κ2) is 4.09. The predicted molar refractivity (Wildman–Crippen MR) is 61.3 cm³/mol. The van der Waals surface area contributed by atoms with E-state index < -0.39 is 5.97 Å². The van der Waals surface area contributed by atoms with Crippen LogP contribution < -0.4 is 0 Å². The van der Waals surface area contributed by atoms with E-state index in [1.54, 1.807) is 0 Å². The highest BCUT2D eigenvalue weighted by molar-refractivity contribution is 9.10. The molecular formula is C11H8BrNO3. The SMILES string of the molecule is Cc1cccc(-c2nc(C(=O)O)co2)c1Br. The number of halogens is 1. The molecule has 0 atom stereocenters. The Morgan fingerprint density at radius 2 is 2.25 bits per heavy atom. The Bertz CT molecular complexity index is 548. The summed E-state index contributed by atoms with van der Waals surface area (Å²) in [6, 6.07) is 5.61. The van der Waals surface area contributed by atoms with Gasteiger partial charge in [0, 0.05) is 4.47 Å². The Labute approximate surface area is 100 Å². The number of benzene rings is 1. The number of aromatic nitrogens is 1. The van der Waals surface area contributed by atoms with Crippen LogP contribution in [0.1, 0.15) is 16.1 Å². The Morgan fingerprint density at radius 3 is 2.88 bits per heavy atom. The minimum absolute atomic E-state index is 0.0941. The quantitative estimate of drug-likeness (QED) is 0.919. The van der Waals surface area contributed by atoms with Gasteiger partial charge < -0.3 is 9.52 Å². The fourth-order valence-electron chi connectivity index (χ4n) is 1.31. The van der Waals surface area contributed by atoms with Crippen molar-refractivity contribution in [1.82, 2.24) is 4.98 Å². The second-order valence-electron chi connectivity index (χ2n) is 3.28. The number of hydrogen-bond acceptors (Lipinski definition) is 3. The van der Waals surface area contributed by atoms with E-state index in [0.717, 1.165) is 21.9 Å². The molecule has 1 aromatic heterocycles. The Morgan fingerprint density at radius 1 is 1.50 bits per heavy atom. The monoisotopic (exact) mass is 281 g/mol. The molecule has 82 valence electrons. The third-order valence-electron chi connectivity index (χ3n) is 2.15. The first-order valence-corrected chi connectivity index (χ1v) is 5.33. The summed E-state index contributed by atoms with van der Waals surface area (Å²) in [5.41, 5.74) is 1.68. The van der Waals surface area contributed by atoms with Crippen molar-refractivity contribution in [2.75, 3.05) is 0 Å². The molecule has 4 nitrogen and oxygen atoms in total. The number of aryl methyl sites for hydroxylation is 1. The molecule has 1 aromatic carbocycles. The molecule has 2 aromatic rings. The minimum atomic E-state index is -1.10. The fourth-order valence-corrected chi connectivity index (χ4v) is 1.74. The molecule has 5 heteroatoms. The summed E-state index contributed by atoms with van der Waals surface area (Å²) in [6.45, 7) is 1.94. The zero-order valence-corrected chi connectivity index (χ0v) is 9.98. The number of oxazole rings is 1. The normalized spacial score (nSPS) is 10.4. The average molecular weight is 282 g/mol. The van der Waals surface area contributed by atoms with Gasteiger partial charge in [0.25, 0.3) is 0 Å². The van der Waals surface area contributed by atoms with E-state index in [1.807, 2.05) is 25.1 Å². The van der Waals surface area contributed by atoms with Crippen LogP contribution in [0.3, 0.4) is 0 Å². The van der Waals surface area contributed by atoms with Crippen molar-refractivity contribution in [2.45, 2.75) is 6.92 Å². The standard InChI is InChI=1S/C11H8BrNO3/c1-6-3-2-4-7(9(6)12)10-13-8(5-16-10)11(14)15/h2-5H,1H3,(H,14,15). The van der Waals surface area contributed by atoms with Crippen molar-refractivity contribution >= 4 is 21.9 Å². The maximum absolute atomic E-state index is 10.7. The summed E-state index contributed by atoms with van der Waals surface area (Å²) in [5.74, 6) is -0.799. The molecule has 16 heavy (non-hydrogen) atoms. The van der Waals surface area contributed by atoms with Gasteiger partial charge in [-0.3, -0.25) is 0 Å². The largest absolute Gasteiger partial charge is 0.476 e. The van der Waals surface area contributed by atoms with Crippen LogP contribution in [0.15, 0.2) is 33.4 Å². The van der Waals surface area contributed by atoms with Crippen LogP contribution in [0.4, 0.5) is 0 Å². The molecule has 0 saturated heterocycles. The summed E-state index contributed by atoms with van der Waals surface area (Å²) in [5, 5.41) is 8.73. The molecule has 0 fully saturated rings. The maximum Gasteiger partial charge on any atom is 0.357 e.